The van der Waals surface area contributed by atoms with Crippen molar-refractivity contribution in [3.63, 3.8) is 0 Å². The van der Waals surface area contributed by atoms with Crippen LogP contribution in [0.15, 0.2) is 23.1 Å². The van der Waals surface area contributed by atoms with Crippen LogP contribution < -0.4 is 4.74 Å². The van der Waals surface area contributed by atoms with Gasteiger partial charge < -0.3 is 4.74 Å². The summed E-state index contributed by atoms with van der Waals surface area (Å²) in [5.41, 5.74) is -0.553. The summed E-state index contributed by atoms with van der Waals surface area (Å²) in [6.45, 7) is 0. The van der Waals surface area contributed by atoms with Crippen LogP contribution in [0.2, 0.25) is 0 Å². The third kappa shape index (κ3) is 3.91. The van der Waals surface area contributed by atoms with Crippen LogP contribution in [0, 0.1) is 29.1 Å². The van der Waals surface area contributed by atoms with Crippen molar-refractivity contribution in [2.75, 3.05) is 21.2 Å². The van der Waals surface area contributed by atoms with Crippen molar-refractivity contribution < 1.29 is 35.1 Å². The summed E-state index contributed by atoms with van der Waals surface area (Å²) in [5.74, 6) is -8.89. The van der Waals surface area contributed by atoms with Gasteiger partial charge in [-0.05, 0) is 30.5 Å². The van der Waals surface area contributed by atoms with E-state index < -0.39 is 56.0 Å². The molecule has 2 rings (SSSR count). The minimum absolute atomic E-state index is 0.0420. The SMILES string of the molecule is COc1ccc(CCc2c(F)c(F)c(F)c(F)c2S(=O)(=O)N(C)C)cc1F. The second kappa shape index (κ2) is 7.81. The summed E-state index contributed by atoms with van der Waals surface area (Å²) in [5, 5.41) is 0. The third-order valence-electron chi connectivity index (χ3n) is 3.94. The number of hydrogen-bond acceptors (Lipinski definition) is 3. The zero-order valence-corrected chi connectivity index (χ0v) is 15.4. The molecule has 10 heteroatoms. The number of hydrogen-bond donors (Lipinski definition) is 0. The van der Waals surface area contributed by atoms with Gasteiger partial charge in [0.25, 0.3) is 0 Å². The molecule has 0 aliphatic rings. The van der Waals surface area contributed by atoms with E-state index in [1.807, 2.05) is 0 Å². The average Bonchev–Trinajstić information content (AvgIpc) is 2.61. The Morgan fingerprint density at radius 3 is 2.04 bits per heavy atom. The third-order valence-corrected chi connectivity index (χ3v) is 5.84. The van der Waals surface area contributed by atoms with Gasteiger partial charge in [-0.1, -0.05) is 6.07 Å². The predicted molar refractivity (Wildman–Crippen MR) is 87.5 cm³/mol. The van der Waals surface area contributed by atoms with E-state index >= 15 is 0 Å². The summed E-state index contributed by atoms with van der Waals surface area (Å²) >= 11 is 0. The van der Waals surface area contributed by atoms with E-state index in [1.54, 1.807) is 0 Å². The highest BCUT2D eigenvalue weighted by Gasteiger charge is 2.33. The Labute approximate surface area is 153 Å². The second-order valence-electron chi connectivity index (χ2n) is 5.82. The smallest absolute Gasteiger partial charge is 0.245 e. The fourth-order valence-electron chi connectivity index (χ4n) is 2.47. The van der Waals surface area contributed by atoms with E-state index in [4.69, 9.17) is 4.74 Å². The number of aryl methyl sites for hydroxylation is 1. The van der Waals surface area contributed by atoms with E-state index in [1.165, 1.54) is 19.2 Å². The van der Waals surface area contributed by atoms with E-state index in [0.717, 1.165) is 20.2 Å². The van der Waals surface area contributed by atoms with Crippen molar-refractivity contribution in [2.24, 2.45) is 0 Å². The van der Waals surface area contributed by atoms with Crippen LogP contribution in [0.5, 0.6) is 5.75 Å². The maximum Gasteiger partial charge on any atom is 0.245 e. The molecular formula is C17H16F5NO3S. The first-order chi connectivity index (χ1) is 12.5. The summed E-state index contributed by atoms with van der Waals surface area (Å²) in [6.07, 6.45) is -0.660. The average molecular weight is 409 g/mol. The van der Waals surface area contributed by atoms with Gasteiger partial charge in [-0.2, -0.15) is 0 Å². The number of methoxy groups -OCH3 is 1. The maximum atomic E-state index is 14.2. The van der Waals surface area contributed by atoms with Gasteiger partial charge in [0.15, 0.2) is 34.8 Å². The molecule has 0 fully saturated rings. The molecule has 0 bridgehead atoms. The first-order valence-corrected chi connectivity index (χ1v) is 9.06. The van der Waals surface area contributed by atoms with Crippen LogP contribution in [-0.2, 0) is 22.9 Å². The number of sulfonamides is 1. The molecule has 2 aromatic rings. The van der Waals surface area contributed by atoms with Gasteiger partial charge in [0.05, 0.1) is 7.11 Å². The number of benzene rings is 2. The van der Waals surface area contributed by atoms with Crippen molar-refractivity contribution in [2.45, 2.75) is 17.7 Å². The highest BCUT2D eigenvalue weighted by atomic mass is 32.2. The molecule has 0 atom stereocenters. The Kier molecular flexibility index (Phi) is 6.10. The van der Waals surface area contributed by atoms with Crippen LogP contribution in [-0.4, -0.2) is 33.9 Å². The maximum absolute atomic E-state index is 14.2. The van der Waals surface area contributed by atoms with Gasteiger partial charge in [-0.15, -0.1) is 0 Å². The lowest BCUT2D eigenvalue weighted by Gasteiger charge is -2.17. The molecule has 0 saturated carbocycles. The van der Waals surface area contributed by atoms with Gasteiger partial charge in [-0.25, -0.2) is 34.7 Å². The summed E-state index contributed by atoms with van der Waals surface area (Å²) in [6, 6.07) is 3.79. The summed E-state index contributed by atoms with van der Waals surface area (Å²) in [7, 11) is -1.27. The fourth-order valence-corrected chi connectivity index (χ4v) is 3.65. The molecule has 0 amide bonds. The van der Waals surface area contributed by atoms with Crippen LogP contribution >= 0.6 is 0 Å². The molecule has 2 aromatic carbocycles. The molecule has 148 valence electrons. The Morgan fingerprint density at radius 2 is 1.52 bits per heavy atom. The topological polar surface area (TPSA) is 46.6 Å². The van der Waals surface area contributed by atoms with Gasteiger partial charge in [0.2, 0.25) is 10.0 Å². The minimum atomic E-state index is -4.61. The van der Waals surface area contributed by atoms with Crippen molar-refractivity contribution >= 4 is 10.0 Å². The quantitative estimate of drug-likeness (QED) is 0.417. The fraction of sp³-hybridized carbons (Fsp3) is 0.294. The number of nitrogens with zero attached hydrogens (tertiary/aromatic N) is 1. The summed E-state index contributed by atoms with van der Waals surface area (Å²) in [4.78, 5) is -1.28. The van der Waals surface area contributed by atoms with Crippen molar-refractivity contribution in [1.29, 1.82) is 0 Å². The van der Waals surface area contributed by atoms with Gasteiger partial charge in [-0.3, -0.25) is 0 Å². The Balaban J connectivity index is 2.54. The Hall–Kier alpha value is -2.20. The van der Waals surface area contributed by atoms with E-state index in [0.29, 0.717) is 9.87 Å². The van der Waals surface area contributed by atoms with E-state index in [2.05, 4.69) is 0 Å². The molecule has 0 unspecified atom stereocenters. The standard InChI is InChI=1S/C17H16F5NO3S/c1-23(2)27(24,25)17-10(13(19)14(20)15(21)16(17)22)6-4-9-5-7-12(26-3)11(18)8-9/h5,7-8H,4,6H2,1-3H3. The molecule has 0 aliphatic carbocycles. The van der Waals surface area contributed by atoms with Gasteiger partial charge in [0.1, 0.15) is 4.90 Å². The predicted octanol–water partition coefficient (Wildman–Crippen LogP) is 3.43. The molecule has 0 spiro atoms. The number of halogens is 5. The van der Waals surface area contributed by atoms with Crippen molar-refractivity contribution in [3.05, 3.63) is 58.4 Å². The molecular weight excluding hydrogens is 393 g/mol. The van der Waals surface area contributed by atoms with Crippen molar-refractivity contribution in [3.8, 4) is 5.75 Å². The van der Waals surface area contributed by atoms with Crippen molar-refractivity contribution in [1.82, 2.24) is 4.31 Å². The molecule has 0 heterocycles. The van der Waals surface area contributed by atoms with Gasteiger partial charge in [0, 0.05) is 19.7 Å². The highest BCUT2D eigenvalue weighted by Crippen LogP contribution is 2.30. The number of ether oxygens (including phenoxy) is 1. The molecule has 0 aliphatic heterocycles. The van der Waals surface area contributed by atoms with Crippen LogP contribution in [0.1, 0.15) is 11.1 Å². The lowest BCUT2D eigenvalue weighted by molar-refractivity contribution is 0.385. The molecule has 0 saturated heterocycles. The van der Waals surface area contributed by atoms with Crippen LogP contribution in [0.25, 0.3) is 0 Å². The molecule has 0 N–H and O–H groups in total. The lowest BCUT2D eigenvalue weighted by Crippen LogP contribution is -2.26. The zero-order chi connectivity index (χ0) is 20.5. The lowest BCUT2D eigenvalue weighted by atomic mass is 10.0. The molecule has 0 aromatic heterocycles. The molecule has 0 radical (unpaired) electrons. The van der Waals surface area contributed by atoms with E-state index in [-0.39, 0.29) is 12.2 Å². The Bertz CT molecular complexity index is 977. The minimum Gasteiger partial charge on any atom is -0.494 e. The normalized spacial score (nSPS) is 11.9. The van der Waals surface area contributed by atoms with Gasteiger partial charge >= 0.3 is 0 Å². The van der Waals surface area contributed by atoms with Crippen LogP contribution in [0.3, 0.4) is 0 Å². The Morgan fingerprint density at radius 1 is 0.926 bits per heavy atom. The number of rotatable bonds is 6. The zero-order valence-electron chi connectivity index (χ0n) is 14.6. The largest absolute Gasteiger partial charge is 0.494 e. The highest BCUT2D eigenvalue weighted by molar-refractivity contribution is 7.89. The van der Waals surface area contributed by atoms with E-state index in [9.17, 15) is 30.4 Å². The second-order valence-corrected chi connectivity index (χ2v) is 7.91. The molecule has 4 nitrogen and oxygen atoms in total. The van der Waals surface area contributed by atoms with Crippen LogP contribution in [0.4, 0.5) is 22.0 Å². The summed E-state index contributed by atoms with van der Waals surface area (Å²) < 4.78 is 99.3. The monoisotopic (exact) mass is 409 g/mol. The molecule has 27 heavy (non-hydrogen) atoms. The first kappa shape index (κ1) is 21.1. The first-order valence-electron chi connectivity index (χ1n) is 7.62.